The molecule has 4 rings (SSSR count). The molecular weight excluding hydrogens is 398 g/mol. The molecule has 1 saturated heterocycles. The van der Waals surface area contributed by atoms with Gasteiger partial charge in [-0.1, -0.05) is 6.07 Å². The molecule has 2 aromatic rings. The molecule has 0 bridgehead atoms. The van der Waals surface area contributed by atoms with E-state index in [1.54, 1.807) is 18.2 Å². The van der Waals surface area contributed by atoms with Crippen LogP contribution in [0.4, 0.5) is 0 Å². The molecule has 1 fully saturated rings. The quantitative estimate of drug-likeness (QED) is 0.579. The number of nitrogens with one attached hydrogen (secondary N) is 1. The van der Waals surface area contributed by atoms with E-state index in [9.17, 15) is 13.2 Å². The molecule has 1 N–H and O–H groups in total. The summed E-state index contributed by atoms with van der Waals surface area (Å²) in [6.45, 7) is 1.47. The van der Waals surface area contributed by atoms with Gasteiger partial charge in [0.1, 0.15) is 0 Å². The Morgan fingerprint density at radius 1 is 1.07 bits per heavy atom. The Hall–Kier alpha value is -2.95. The Kier molecular flexibility index (Phi) is 5.47. The number of fused-ring (bicyclic) bond motifs is 1. The molecule has 0 radical (unpaired) electrons. The fourth-order valence-electron chi connectivity index (χ4n) is 2.96. The van der Waals surface area contributed by atoms with Gasteiger partial charge in [0, 0.05) is 18.7 Å². The molecule has 0 unspecified atom stereocenters. The van der Waals surface area contributed by atoms with E-state index in [4.69, 9.17) is 14.2 Å². The molecule has 2 heterocycles. The van der Waals surface area contributed by atoms with E-state index in [2.05, 4.69) is 10.5 Å². The van der Waals surface area contributed by atoms with Gasteiger partial charge in [-0.2, -0.15) is 9.41 Å². The van der Waals surface area contributed by atoms with E-state index in [-0.39, 0.29) is 17.3 Å². The Labute approximate surface area is 167 Å². The number of sulfonamides is 1. The van der Waals surface area contributed by atoms with E-state index in [1.807, 2.05) is 0 Å². The summed E-state index contributed by atoms with van der Waals surface area (Å²) >= 11 is 0. The van der Waals surface area contributed by atoms with Gasteiger partial charge < -0.3 is 14.2 Å². The maximum Gasteiger partial charge on any atom is 0.271 e. The SMILES string of the molecule is O=C(NN=Cc1ccc2c(c1)OCO2)c1cccc(S(=O)(=O)N2CCOCC2)c1. The molecule has 0 spiro atoms. The molecule has 0 atom stereocenters. The molecule has 2 aromatic carbocycles. The van der Waals surface area contributed by atoms with Crippen LogP contribution in [0.3, 0.4) is 0 Å². The number of ether oxygens (including phenoxy) is 3. The van der Waals surface area contributed by atoms with E-state index in [0.717, 1.165) is 5.56 Å². The molecular formula is C19H19N3O6S. The lowest BCUT2D eigenvalue weighted by atomic mass is 10.2. The molecule has 2 aliphatic heterocycles. The minimum absolute atomic E-state index is 0.0619. The average molecular weight is 417 g/mol. The summed E-state index contributed by atoms with van der Waals surface area (Å²) in [7, 11) is -3.68. The van der Waals surface area contributed by atoms with Crippen LogP contribution in [0, 0.1) is 0 Å². The lowest BCUT2D eigenvalue weighted by Gasteiger charge is -2.26. The van der Waals surface area contributed by atoms with Crippen molar-refractivity contribution in [3.05, 3.63) is 53.6 Å². The van der Waals surface area contributed by atoms with Gasteiger partial charge in [0.05, 0.1) is 24.3 Å². The zero-order valence-corrected chi connectivity index (χ0v) is 16.2. The van der Waals surface area contributed by atoms with Gasteiger partial charge >= 0.3 is 0 Å². The second kappa shape index (κ2) is 8.19. The second-order valence-electron chi connectivity index (χ2n) is 6.36. The number of carbonyl (C=O) groups excluding carboxylic acids is 1. The van der Waals surface area contributed by atoms with Crippen molar-refractivity contribution in [3.8, 4) is 11.5 Å². The van der Waals surface area contributed by atoms with Crippen molar-refractivity contribution in [2.75, 3.05) is 33.1 Å². The van der Waals surface area contributed by atoms with Crippen LogP contribution in [0.15, 0.2) is 52.5 Å². The number of amides is 1. The second-order valence-corrected chi connectivity index (χ2v) is 8.29. The summed E-state index contributed by atoms with van der Waals surface area (Å²) < 4.78 is 42.6. The number of hydrazone groups is 1. The van der Waals surface area contributed by atoms with Gasteiger partial charge in [0.25, 0.3) is 5.91 Å². The van der Waals surface area contributed by atoms with Gasteiger partial charge in [0.2, 0.25) is 16.8 Å². The number of hydrogen-bond donors (Lipinski definition) is 1. The van der Waals surface area contributed by atoms with Gasteiger partial charge in [-0.3, -0.25) is 4.79 Å². The number of carbonyl (C=O) groups is 1. The average Bonchev–Trinajstić information content (AvgIpc) is 3.22. The maximum absolute atomic E-state index is 12.7. The first-order chi connectivity index (χ1) is 14.0. The summed E-state index contributed by atoms with van der Waals surface area (Å²) in [4.78, 5) is 12.4. The van der Waals surface area contributed by atoms with E-state index < -0.39 is 15.9 Å². The maximum atomic E-state index is 12.7. The van der Waals surface area contributed by atoms with Gasteiger partial charge in [-0.25, -0.2) is 13.8 Å². The summed E-state index contributed by atoms with van der Waals surface area (Å²) in [6.07, 6.45) is 1.47. The summed E-state index contributed by atoms with van der Waals surface area (Å²) in [5, 5.41) is 3.93. The fourth-order valence-corrected chi connectivity index (χ4v) is 4.41. The standard InChI is InChI=1S/C19H19N3O6S/c23-19(21-20-12-14-4-5-17-18(10-14)28-13-27-17)15-2-1-3-16(11-15)29(24,25)22-6-8-26-9-7-22/h1-5,10-12H,6-9,13H2,(H,21,23). The number of benzene rings is 2. The Morgan fingerprint density at radius 2 is 1.86 bits per heavy atom. The zero-order chi connectivity index (χ0) is 20.3. The van der Waals surface area contributed by atoms with Crippen molar-refractivity contribution in [2.24, 2.45) is 5.10 Å². The first-order valence-electron chi connectivity index (χ1n) is 8.95. The van der Waals surface area contributed by atoms with Gasteiger partial charge in [-0.15, -0.1) is 0 Å². The molecule has 1 amide bonds. The third kappa shape index (κ3) is 4.24. The monoisotopic (exact) mass is 417 g/mol. The normalized spacial score (nSPS) is 16.8. The molecule has 0 aliphatic carbocycles. The van der Waals surface area contributed by atoms with Gasteiger partial charge in [0.15, 0.2) is 11.5 Å². The highest BCUT2D eigenvalue weighted by Crippen LogP contribution is 2.31. The number of rotatable bonds is 5. The fraction of sp³-hybridized carbons (Fsp3) is 0.263. The van der Waals surface area contributed by atoms with Crippen molar-refractivity contribution in [1.82, 2.24) is 9.73 Å². The van der Waals surface area contributed by atoms with E-state index >= 15 is 0 Å². The number of nitrogens with zero attached hydrogens (tertiary/aromatic N) is 2. The highest BCUT2D eigenvalue weighted by atomic mass is 32.2. The van der Waals surface area contributed by atoms with Crippen LogP contribution in [0.1, 0.15) is 15.9 Å². The van der Waals surface area contributed by atoms with Crippen molar-refractivity contribution in [3.63, 3.8) is 0 Å². The molecule has 2 aliphatic rings. The molecule has 0 saturated carbocycles. The lowest BCUT2D eigenvalue weighted by Crippen LogP contribution is -2.40. The molecule has 0 aromatic heterocycles. The van der Waals surface area contributed by atoms with E-state index in [0.29, 0.717) is 37.8 Å². The Bertz CT molecular complexity index is 1050. The van der Waals surface area contributed by atoms with Gasteiger partial charge in [-0.05, 0) is 42.0 Å². The lowest BCUT2D eigenvalue weighted by molar-refractivity contribution is 0.0730. The first-order valence-corrected chi connectivity index (χ1v) is 10.4. The van der Waals surface area contributed by atoms with Crippen LogP contribution in [-0.4, -0.2) is 57.9 Å². The highest BCUT2D eigenvalue weighted by molar-refractivity contribution is 7.89. The number of hydrogen-bond acceptors (Lipinski definition) is 7. The van der Waals surface area contributed by atoms with Crippen molar-refractivity contribution < 1.29 is 27.4 Å². The van der Waals surface area contributed by atoms with Crippen LogP contribution in [0.25, 0.3) is 0 Å². The first kappa shape index (κ1) is 19.4. The van der Waals surface area contributed by atoms with Crippen LogP contribution >= 0.6 is 0 Å². The Morgan fingerprint density at radius 3 is 2.69 bits per heavy atom. The predicted octanol–water partition coefficient (Wildman–Crippen LogP) is 1.20. The third-order valence-electron chi connectivity index (χ3n) is 4.48. The molecule has 152 valence electrons. The minimum atomic E-state index is -3.68. The van der Waals surface area contributed by atoms with Crippen LogP contribution in [-0.2, 0) is 14.8 Å². The smallest absolute Gasteiger partial charge is 0.271 e. The number of morpholine rings is 1. The summed E-state index contributed by atoms with van der Waals surface area (Å²) in [6, 6.07) is 11.2. The van der Waals surface area contributed by atoms with E-state index in [1.165, 1.54) is 34.8 Å². The molecule has 10 heteroatoms. The Balaban J connectivity index is 1.44. The van der Waals surface area contributed by atoms with Crippen molar-refractivity contribution in [1.29, 1.82) is 0 Å². The van der Waals surface area contributed by atoms with Crippen molar-refractivity contribution >= 4 is 22.1 Å². The molecule has 29 heavy (non-hydrogen) atoms. The highest BCUT2D eigenvalue weighted by Gasteiger charge is 2.26. The minimum Gasteiger partial charge on any atom is -0.454 e. The van der Waals surface area contributed by atoms with Crippen LogP contribution in [0.2, 0.25) is 0 Å². The van der Waals surface area contributed by atoms with Crippen LogP contribution < -0.4 is 14.9 Å². The topological polar surface area (TPSA) is 107 Å². The van der Waals surface area contributed by atoms with Crippen molar-refractivity contribution in [2.45, 2.75) is 4.90 Å². The zero-order valence-electron chi connectivity index (χ0n) is 15.4. The predicted molar refractivity (Wildman–Crippen MR) is 104 cm³/mol. The summed E-state index contributed by atoms with van der Waals surface area (Å²) in [5.74, 6) is 0.756. The summed E-state index contributed by atoms with van der Waals surface area (Å²) in [5.41, 5.74) is 3.32. The van der Waals surface area contributed by atoms with Crippen LogP contribution in [0.5, 0.6) is 11.5 Å². The molecule has 9 nitrogen and oxygen atoms in total. The third-order valence-corrected chi connectivity index (χ3v) is 6.38. The largest absolute Gasteiger partial charge is 0.454 e.